The second-order valence-electron chi connectivity index (χ2n) is 25.7. The molecule has 12 N–H and O–H groups in total. The van der Waals surface area contributed by atoms with Crippen molar-refractivity contribution in [2.45, 2.75) is 123 Å². The standard InChI is InChI=1S/C64H81Cl2N13O16P.Y/c1-34(2)52(75-56(83)42(72-37(5)81)11-8-9-17-68-33-80)57(84)74-43(12-10-18-69-60(67)87)55(82)73-41-15-13-38(14-16-41)29-93-61(88)76(6)19-20-77(7)62(89)94-46-21-44-50(48-35(3)25-70-53(46)48)39(23-65)27-78(44)58(85)63-30-64(31-63,32-63)59(86)79-28-40(24-66)51-45(79)22-47(95-96(90,91)92)54-49(51)36(4)26-71-54;/h13-16,21-22,25-26,34,39-40,42-43,52,70-71H,8-12,17-20,23-24,27-32H2,1-7H3,(H,68,80)(H,72,81)(H,73,82)(H,74,84)(H,75,83)(H3,67,69,87)(H2,90,91,92);/q-1;/t39-,40-,42+,43+,52+,63?,64?;/m1./s1. The van der Waals surface area contributed by atoms with Gasteiger partial charge in [0.05, 0.1) is 33.2 Å². The van der Waals surface area contributed by atoms with Crippen molar-refractivity contribution in [2.75, 3.05) is 80.2 Å². The normalized spacial score (nSPS) is 19.0. The molecular formula is C64H81Cl2N13O16PY-. The van der Waals surface area contributed by atoms with Gasteiger partial charge in [0.2, 0.25) is 35.4 Å². The van der Waals surface area contributed by atoms with Crippen molar-refractivity contribution in [3.63, 3.8) is 0 Å². The van der Waals surface area contributed by atoms with E-state index in [-0.39, 0.29) is 157 Å². The summed E-state index contributed by atoms with van der Waals surface area (Å²) in [7, 11) is -1.99. The summed E-state index contributed by atoms with van der Waals surface area (Å²) in [5.74, 6) is -3.37. The maximum Gasteiger partial charge on any atom is 0.524 e. The molecule has 2 aromatic heterocycles. The topological polar surface area (TPSA) is 399 Å². The molecular weight excluding hydrogens is 1400 g/mol. The number of hydrogen-bond acceptors (Lipinski definition) is 14. The Hall–Kier alpha value is -7.53. The third-order valence-corrected chi connectivity index (χ3v) is 19.5. The molecule has 0 spiro atoms. The molecule has 5 atom stereocenters. The SMILES string of the molecule is CC(=O)N[C@@H](CCCCN[C-]=O)C(=O)N[C@H](C(=O)N[C@@H](CCCNC(N)=O)C(=O)Nc1ccc(COC(=O)N(C)CCN(C)C(=O)Oc2cc3c(c4c(C)c[nH]c24)[C@H](CCl)CN3C(=O)C23CC(C(=O)N4C[C@@H](CCl)c5c4cc(OP(=O)(O)O)c4[nH]cc(C)c54)(C2)C3)cc1)C(C)C.[Y]. The van der Waals surface area contributed by atoms with Crippen molar-refractivity contribution < 1.29 is 109 Å². The predicted octanol–water partition coefficient (Wildman–Crippen LogP) is 5.99. The summed E-state index contributed by atoms with van der Waals surface area (Å²) in [5.41, 5.74) is 9.50. The molecule has 2 aliphatic heterocycles. The van der Waals surface area contributed by atoms with Gasteiger partial charge in [0, 0.05) is 151 Å². The monoisotopic (exact) mass is 1480 g/mol. The number of hydrogen-bond donors (Lipinski definition) is 11. The minimum atomic E-state index is -5.00. The molecule has 3 fully saturated rings. The second-order valence-corrected chi connectivity index (χ2v) is 27.5. The van der Waals surface area contributed by atoms with Gasteiger partial charge in [0.1, 0.15) is 24.7 Å². The molecule has 2 bridgehead atoms. The van der Waals surface area contributed by atoms with Gasteiger partial charge in [-0.3, -0.25) is 38.6 Å². The zero-order valence-corrected chi connectivity index (χ0v) is 60.1. The fourth-order valence-electron chi connectivity index (χ4n) is 13.5. The average molecular weight is 1480 g/mol. The number of carbonyl (C=O) groups excluding carboxylic acids is 10. The molecule has 10 rings (SSSR count). The van der Waals surface area contributed by atoms with Crippen LogP contribution in [0, 0.1) is 30.6 Å². The van der Waals surface area contributed by atoms with E-state index in [0.29, 0.717) is 58.4 Å². The minimum absolute atomic E-state index is 0. The number of fused-ring (bicyclic) bond motifs is 6. The Kier molecular flexibility index (Phi) is 24.5. The Bertz CT molecular complexity index is 3880. The van der Waals surface area contributed by atoms with Crippen LogP contribution in [0.1, 0.15) is 112 Å². The molecule has 3 aromatic carbocycles. The summed E-state index contributed by atoms with van der Waals surface area (Å²) >= 11 is 13.2. The van der Waals surface area contributed by atoms with Crippen molar-refractivity contribution >= 4 is 130 Å². The number of H-pyrrole nitrogens is 2. The number of likely N-dealkylation sites (N-methyl/N-ethyl adjacent to an activating group) is 2. The zero-order chi connectivity index (χ0) is 69.7. The summed E-state index contributed by atoms with van der Waals surface area (Å²) in [6, 6.07) is 5.47. The molecule has 0 unspecified atom stereocenters. The first-order chi connectivity index (χ1) is 45.5. The number of benzene rings is 3. The van der Waals surface area contributed by atoms with E-state index in [1.165, 1.54) is 36.9 Å². The van der Waals surface area contributed by atoms with Crippen molar-refractivity contribution in [1.82, 2.24) is 46.4 Å². The van der Waals surface area contributed by atoms with E-state index in [4.69, 9.17) is 42.9 Å². The molecule has 521 valence electrons. The van der Waals surface area contributed by atoms with Crippen LogP contribution in [0.3, 0.4) is 0 Å². The number of halogens is 2. The van der Waals surface area contributed by atoms with E-state index in [1.54, 1.807) is 72.8 Å². The third-order valence-electron chi connectivity index (χ3n) is 18.3. The van der Waals surface area contributed by atoms with Gasteiger partial charge < -0.3 is 86.0 Å². The number of primary amides is 1. The molecule has 11 amide bonds. The van der Waals surface area contributed by atoms with Gasteiger partial charge in [-0.1, -0.05) is 26.0 Å². The summed E-state index contributed by atoms with van der Waals surface area (Å²) in [5, 5.41) is 17.1. The van der Waals surface area contributed by atoms with E-state index in [9.17, 15) is 62.3 Å². The number of anilines is 3. The van der Waals surface area contributed by atoms with Crippen LogP contribution in [0.2, 0.25) is 0 Å². The average Bonchev–Trinajstić information content (AvgIpc) is 1.47. The number of aromatic amines is 2. The van der Waals surface area contributed by atoms with Crippen molar-refractivity contribution in [3.05, 3.63) is 76.6 Å². The summed E-state index contributed by atoms with van der Waals surface area (Å²) < 4.78 is 28.9. The summed E-state index contributed by atoms with van der Waals surface area (Å²) in [6.45, 7) is 9.18. The maximum atomic E-state index is 14.9. The number of amides is 11. The van der Waals surface area contributed by atoms with Gasteiger partial charge in [0.25, 0.3) is 0 Å². The van der Waals surface area contributed by atoms with E-state index >= 15 is 0 Å². The minimum Gasteiger partial charge on any atom is -0.530 e. The van der Waals surface area contributed by atoms with Gasteiger partial charge in [-0.15, -0.1) is 23.2 Å². The number of aryl methyl sites for hydroxylation is 2. The first kappa shape index (κ1) is 75.3. The number of carbonyl (C=O) groups is 9. The van der Waals surface area contributed by atoms with Gasteiger partial charge in [-0.2, -0.15) is 6.41 Å². The Balaban J connectivity index is 0.0000120. The molecule has 0 saturated heterocycles. The van der Waals surface area contributed by atoms with Crippen LogP contribution >= 0.6 is 31.0 Å². The van der Waals surface area contributed by atoms with Gasteiger partial charge in [-0.25, -0.2) is 18.9 Å². The molecule has 1 radical (unpaired) electrons. The number of aromatic nitrogens is 2. The van der Waals surface area contributed by atoms with E-state index in [1.807, 2.05) is 13.8 Å². The molecule has 97 heavy (non-hydrogen) atoms. The zero-order valence-electron chi connectivity index (χ0n) is 54.9. The quantitative estimate of drug-likeness (QED) is 0.00827. The first-order valence-electron chi connectivity index (χ1n) is 31.5. The smallest absolute Gasteiger partial charge is 0.524 e. The predicted molar refractivity (Wildman–Crippen MR) is 356 cm³/mol. The molecule has 3 saturated carbocycles. The van der Waals surface area contributed by atoms with Crippen LogP contribution in [-0.4, -0.2) is 173 Å². The van der Waals surface area contributed by atoms with Crippen LogP contribution in [0.4, 0.5) is 31.4 Å². The van der Waals surface area contributed by atoms with Crippen LogP contribution < -0.4 is 56.7 Å². The Morgan fingerprint density at radius 2 is 1.27 bits per heavy atom. The number of phosphoric acid groups is 1. The molecule has 3 aliphatic carbocycles. The second kappa shape index (κ2) is 31.6. The van der Waals surface area contributed by atoms with Crippen LogP contribution in [-0.2, 0) is 82.2 Å². The van der Waals surface area contributed by atoms with Crippen LogP contribution in [0.5, 0.6) is 11.5 Å². The number of nitrogens with zero attached hydrogens (tertiary/aromatic N) is 4. The van der Waals surface area contributed by atoms with E-state index in [2.05, 4.69) is 41.9 Å². The summed E-state index contributed by atoms with van der Waals surface area (Å²) in [6.07, 6.45) is 5.90. The Morgan fingerprint density at radius 1 is 0.742 bits per heavy atom. The number of ether oxygens (including phenoxy) is 2. The maximum absolute atomic E-state index is 14.9. The van der Waals surface area contributed by atoms with Gasteiger partial charge >= 0.3 is 26.0 Å². The summed E-state index contributed by atoms with van der Waals surface area (Å²) in [4.78, 5) is 164. The molecule has 29 nitrogen and oxygen atoms in total. The number of nitrogens with two attached hydrogens (primary N) is 1. The fraction of sp³-hybridized carbons (Fsp3) is 0.500. The van der Waals surface area contributed by atoms with Gasteiger partial charge in [-0.05, 0) is 118 Å². The Labute approximate surface area is 594 Å². The molecule has 5 aromatic rings. The fourth-order valence-corrected chi connectivity index (χ4v) is 14.4. The van der Waals surface area contributed by atoms with Crippen molar-refractivity contribution in [2.24, 2.45) is 22.5 Å². The molecule has 33 heteroatoms. The van der Waals surface area contributed by atoms with E-state index < -0.39 is 84.5 Å². The number of urea groups is 1. The Morgan fingerprint density at radius 3 is 1.78 bits per heavy atom. The third kappa shape index (κ3) is 16.6. The largest absolute Gasteiger partial charge is 0.530 e. The van der Waals surface area contributed by atoms with E-state index in [0.717, 1.165) is 27.6 Å². The molecule has 4 heterocycles. The van der Waals surface area contributed by atoms with Crippen LogP contribution in [0.15, 0.2) is 48.8 Å². The number of rotatable bonds is 30. The number of phosphoric ester groups is 1. The molecule has 5 aliphatic rings. The van der Waals surface area contributed by atoms with Crippen molar-refractivity contribution in [1.29, 1.82) is 0 Å². The van der Waals surface area contributed by atoms with Crippen molar-refractivity contribution in [3.8, 4) is 11.5 Å². The number of nitrogens with one attached hydrogen (secondary N) is 8. The number of alkyl halides is 2. The first-order valence-corrected chi connectivity index (χ1v) is 34.1. The van der Waals surface area contributed by atoms with Gasteiger partial charge in [0.15, 0.2) is 11.5 Å². The number of unbranched alkanes of at least 4 members (excludes halogenated alkanes) is 1. The van der Waals surface area contributed by atoms with Crippen LogP contribution in [0.25, 0.3) is 21.8 Å².